The number of halogens is 1. The lowest BCUT2D eigenvalue weighted by Gasteiger charge is -2.11. The van der Waals surface area contributed by atoms with Crippen molar-refractivity contribution in [2.24, 2.45) is 0 Å². The van der Waals surface area contributed by atoms with E-state index < -0.39 is 0 Å². The highest BCUT2D eigenvalue weighted by Gasteiger charge is 2.05. The minimum atomic E-state index is 1.08. The van der Waals surface area contributed by atoms with Crippen molar-refractivity contribution >= 4 is 28.7 Å². The van der Waals surface area contributed by atoms with Crippen molar-refractivity contribution in [1.82, 2.24) is 0 Å². The van der Waals surface area contributed by atoms with Gasteiger partial charge in [0, 0.05) is 0 Å². The summed E-state index contributed by atoms with van der Waals surface area (Å²) in [5, 5.41) is 0. The lowest BCUT2D eigenvalue weighted by molar-refractivity contribution is 1.18. The molecule has 0 saturated carbocycles. The summed E-state index contributed by atoms with van der Waals surface area (Å²) >= 11 is 2.29. The molecule has 0 spiro atoms. The number of rotatable bonds is 0. The minimum absolute atomic E-state index is 1.08. The van der Waals surface area contributed by atoms with Crippen molar-refractivity contribution in [3.05, 3.63) is 51.1 Å². The van der Waals surface area contributed by atoms with E-state index in [-0.39, 0.29) is 0 Å². The summed E-state index contributed by atoms with van der Waals surface area (Å²) in [5.74, 6) is 0. The van der Waals surface area contributed by atoms with Gasteiger partial charge in [-0.05, 0) is 27.2 Å². The average molecular weight is 268 g/mol. The van der Waals surface area contributed by atoms with Crippen molar-refractivity contribution in [2.75, 3.05) is 0 Å². The zero-order chi connectivity index (χ0) is 8.39. The van der Waals surface area contributed by atoms with Crippen molar-refractivity contribution in [3.63, 3.8) is 0 Å². The van der Waals surface area contributed by atoms with Crippen LogP contribution in [-0.4, -0.2) is 0 Å². The lowest BCUT2D eigenvalue weighted by Crippen LogP contribution is -1.95. The van der Waals surface area contributed by atoms with Crippen LogP contribution in [0.5, 0.6) is 0 Å². The van der Waals surface area contributed by atoms with Gasteiger partial charge in [0.1, 0.15) is 0 Å². The first-order valence-electron chi connectivity index (χ1n) is 3.95. The van der Waals surface area contributed by atoms with Gasteiger partial charge in [-0.2, -0.15) is 0 Å². The molecular formula is C11H9I. The Bertz CT molecular complexity index is 348. The molecule has 0 radical (unpaired) electrons. The van der Waals surface area contributed by atoms with Gasteiger partial charge in [0.2, 0.25) is 0 Å². The Kier molecular flexibility index (Phi) is 2.30. The normalized spacial score (nSPS) is 17.9. The topological polar surface area (TPSA) is 0 Å². The van der Waals surface area contributed by atoms with E-state index in [2.05, 4.69) is 63.1 Å². The third kappa shape index (κ3) is 1.46. The number of allylic oxidation sites excluding steroid dienone is 2. The molecule has 0 heterocycles. The van der Waals surface area contributed by atoms with E-state index >= 15 is 0 Å². The van der Waals surface area contributed by atoms with Crippen molar-refractivity contribution in [3.8, 4) is 0 Å². The van der Waals surface area contributed by atoms with Gasteiger partial charge >= 0.3 is 0 Å². The van der Waals surface area contributed by atoms with Gasteiger partial charge < -0.3 is 0 Å². The Morgan fingerprint density at radius 2 is 2.00 bits per heavy atom. The molecule has 1 aliphatic rings. The van der Waals surface area contributed by atoms with Crippen LogP contribution >= 0.6 is 22.6 Å². The third-order valence-corrected chi connectivity index (χ3v) is 2.87. The predicted octanol–water partition coefficient (Wildman–Crippen LogP) is 3.57. The summed E-state index contributed by atoms with van der Waals surface area (Å²) < 4.78 is 2.14. The number of hydrogen-bond donors (Lipinski definition) is 0. The van der Waals surface area contributed by atoms with Crippen LogP contribution in [0.25, 0.3) is 6.08 Å². The Balaban J connectivity index is 2.46. The fourth-order valence-corrected chi connectivity index (χ4v) is 1.84. The fourth-order valence-electron chi connectivity index (χ4n) is 1.41. The van der Waals surface area contributed by atoms with Gasteiger partial charge in [0.15, 0.2) is 0 Å². The number of benzene rings is 1. The largest absolute Gasteiger partial charge is 0.0619 e. The molecule has 1 aromatic carbocycles. The molecular weight excluding hydrogens is 259 g/mol. The second-order valence-electron chi connectivity index (χ2n) is 2.89. The van der Waals surface area contributed by atoms with E-state index in [1.807, 2.05) is 0 Å². The quantitative estimate of drug-likeness (QED) is 0.631. The molecule has 1 heteroatoms. The maximum atomic E-state index is 2.29. The highest BCUT2D eigenvalue weighted by Crippen LogP contribution is 2.22. The standard InChI is InChI=1S/C11H9I/c12-8-9-5-6-10-3-1-2-4-11(10)7-9/h1-6,8H,7H2/b9-8+. The molecule has 0 amide bonds. The maximum Gasteiger partial charge on any atom is -0.00153 e. The van der Waals surface area contributed by atoms with Gasteiger partial charge in [0.25, 0.3) is 0 Å². The number of fused-ring (bicyclic) bond motifs is 1. The summed E-state index contributed by atoms with van der Waals surface area (Å²) in [6, 6.07) is 8.54. The number of hydrogen-bond acceptors (Lipinski definition) is 0. The molecule has 0 saturated heterocycles. The zero-order valence-corrected chi connectivity index (χ0v) is 8.78. The molecule has 1 aromatic rings. The van der Waals surface area contributed by atoms with Gasteiger partial charge in [-0.3, -0.25) is 0 Å². The molecule has 0 unspecified atom stereocenters. The van der Waals surface area contributed by atoms with Gasteiger partial charge in [-0.25, -0.2) is 0 Å². The molecule has 0 aromatic heterocycles. The molecule has 0 atom stereocenters. The Hall–Kier alpha value is -0.570. The molecule has 1 aliphatic carbocycles. The summed E-state index contributed by atoms with van der Waals surface area (Å²) in [7, 11) is 0. The monoisotopic (exact) mass is 268 g/mol. The fraction of sp³-hybridized carbons (Fsp3) is 0.0909. The van der Waals surface area contributed by atoms with Crippen LogP contribution in [0.2, 0.25) is 0 Å². The maximum absolute atomic E-state index is 2.29. The molecule has 2 rings (SSSR count). The Morgan fingerprint density at radius 3 is 2.83 bits per heavy atom. The molecule has 0 fully saturated rings. The SMILES string of the molecule is I/C=C1\C=Cc2ccccc2C1. The highest BCUT2D eigenvalue weighted by molar-refractivity contribution is 14.1. The second kappa shape index (κ2) is 3.44. The van der Waals surface area contributed by atoms with Gasteiger partial charge in [-0.15, -0.1) is 0 Å². The van der Waals surface area contributed by atoms with Gasteiger partial charge in [-0.1, -0.05) is 59.0 Å². The molecule has 60 valence electrons. The summed E-state index contributed by atoms with van der Waals surface area (Å²) in [4.78, 5) is 0. The predicted molar refractivity (Wildman–Crippen MR) is 61.3 cm³/mol. The van der Waals surface area contributed by atoms with Gasteiger partial charge in [0.05, 0.1) is 0 Å². The summed E-state index contributed by atoms with van der Waals surface area (Å²) in [6.07, 6.45) is 5.45. The molecule has 0 nitrogen and oxygen atoms in total. The van der Waals surface area contributed by atoms with Crippen molar-refractivity contribution < 1.29 is 0 Å². The van der Waals surface area contributed by atoms with E-state index in [1.165, 1.54) is 16.7 Å². The van der Waals surface area contributed by atoms with Crippen molar-refractivity contribution in [2.45, 2.75) is 6.42 Å². The van der Waals surface area contributed by atoms with E-state index in [0.29, 0.717) is 0 Å². The van der Waals surface area contributed by atoms with Crippen LogP contribution < -0.4 is 0 Å². The summed E-state index contributed by atoms with van der Waals surface area (Å²) in [6.45, 7) is 0. The molecule has 0 N–H and O–H groups in total. The Labute approximate surface area is 86.1 Å². The highest BCUT2D eigenvalue weighted by atomic mass is 127. The van der Waals surface area contributed by atoms with E-state index in [9.17, 15) is 0 Å². The van der Waals surface area contributed by atoms with Crippen LogP contribution in [0.3, 0.4) is 0 Å². The van der Waals surface area contributed by atoms with Crippen LogP contribution in [0, 0.1) is 0 Å². The van der Waals surface area contributed by atoms with E-state index in [0.717, 1.165) is 6.42 Å². The summed E-state index contributed by atoms with van der Waals surface area (Å²) in [5.41, 5.74) is 4.19. The first kappa shape index (κ1) is 8.05. The zero-order valence-electron chi connectivity index (χ0n) is 6.63. The molecule has 12 heavy (non-hydrogen) atoms. The first-order chi connectivity index (χ1) is 5.90. The Morgan fingerprint density at radius 1 is 1.17 bits per heavy atom. The molecule has 0 bridgehead atoms. The van der Waals surface area contributed by atoms with Crippen LogP contribution in [0.15, 0.2) is 40.0 Å². The lowest BCUT2D eigenvalue weighted by atomic mass is 9.95. The van der Waals surface area contributed by atoms with Crippen LogP contribution in [0.1, 0.15) is 11.1 Å². The second-order valence-corrected chi connectivity index (χ2v) is 3.52. The van der Waals surface area contributed by atoms with Crippen molar-refractivity contribution in [1.29, 1.82) is 0 Å². The minimum Gasteiger partial charge on any atom is -0.0619 e. The first-order valence-corrected chi connectivity index (χ1v) is 5.20. The van der Waals surface area contributed by atoms with E-state index in [4.69, 9.17) is 0 Å². The molecule has 0 aliphatic heterocycles. The smallest absolute Gasteiger partial charge is 0.00153 e. The third-order valence-electron chi connectivity index (χ3n) is 2.07. The average Bonchev–Trinajstić information content (AvgIpc) is 2.17. The van der Waals surface area contributed by atoms with Crippen LogP contribution in [-0.2, 0) is 6.42 Å². The van der Waals surface area contributed by atoms with E-state index in [1.54, 1.807) is 0 Å². The van der Waals surface area contributed by atoms with Crippen LogP contribution in [0.4, 0.5) is 0 Å².